The molecule has 104 valence electrons. The zero-order chi connectivity index (χ0) is 14.3. The first-order chi connectivity index (χ1) is 8.15. The fourth-order valence-electron chi connectivity index (χ4n) is 0.913. The summed E-state index contributed by atoms with van der Waals surface area (Å²) in [5, 5.41) is 13.4. The van der Waals surface area contributed by atoms with Gasteiger partial charge >= 0.3 is 12.1 Å². The van der Waals surface area contributed by atoms with E-state index in [-0.39, 0.29) is 16.9 Å². The molecule has 7 nitrogen and oxygen atoms in total. The Hall–Kier alpha value is -1.06. The van der Waals surface area contributed by atoms with Crippen molar-refractivity contribution in [2.75, 3.05) is 11.0 Å². The molecule has 0 bridgehead atoms. The molecule has 0 aromatic carbocycles. The van der Waals surface area contributed by atoms with Crippen LogP contribution in [0, 0.1) is 0 Å². The zero-order valence-electron chi connectivity index (χ0n) is 10.4. The lowest BCUT2D eigenvalue weighted by molar-refractivity contribution is -0.139. The average molecular weight is 372 g/mol. The van der Waals surface area contributed by atoms with Crippen molar-refractivity contribution in [3.05, 3.63) is 0 Å². The van der Waals surface area contributed by atoms with Gasteiger partial charge in [0.15, 0.2) is 0 Å². The van der Waals surface area contributed by atoms with Crippen LogP contribution in [0.5, 0.6) is 0 Å². The van der Waals surface area contributed by atoms with Crippen molar-refractivity contribution in [3.63, 3.8) is 0 Å². The second kappa shape index (κ2) is 7.39. The summed E-state index contributed by atoms with van der Waals surface area (Å²) in [6.07, 6.45) is -0.835. The summed E-state index contributed by atoms with van der Waals surface area (Å²) in [7, 11) is 0. The monoisotopic (exact) mass is 372 g/mol. The van der Waals surface area contributed by atoms with Crippen molar-refractivity contribution < 1.29 is 24.2 Å². The lowest BCUT2D eigenvalue weighted by Gasteiger charge is -2.22. The number of carbonyl (C=O) groups is 3. The van der Waals surface area contributed by atoms with Gasteiger partial charge in [-0.2, -0.15) is 0 Å². The van der Waals surface area contributed by atoms with Crippen molar-refractivity contribution in [2.45, 2.75) is 32.4 Å². The first kappa shape index (κ1) is 16.9. The second-order valence-electron chi connectivity index (χ2n) is 4.47. The van der Waals surface area contributed by atoms with Gasteiger partial charge in [0, 0.05) is 6.54 Å². The third-order valence-electron chi connectivity index (χ3n) is 1.61. The molecule has 18 heavy (non-hydrogen) atoms. The fourth-order valence-corrected chi connectivity index (χ4v) is 1.18. The normalized spacial score (nSPS) is 12.4. The molecule has 1 unspecified atom stereocenters. The van der Waals surface area contributed by atoms with E-state index < -0.39 is 23.7 Å². The van der Waals surface area contributed by atoms with E-state index in [1.807, 2.05) is 22.6 Å². The first-order valence-electron chi connectivity index (χ1n) is 5.20. The van der Waals surface area contributed by atoms with Crippen molar-refractivity contribution >= 4 is 40.6 Å². The van der Waals surface area contributed by atoms with Crippen LogP contribution in [0.2, 0.25) is 0 Å². The molecule has 0 spiro atoms. The van der Waals surface area contributed by atoms with Crippen LogP contribution in [0.4, 0.5) is 4.79 Å². The molecule has 0 radical (unpaired) electrons. The highest BCUT2D eigenvalue weighted by Gasteiger charge is 2.24. The fraction of sp³-hybridized carbons (Fsp3) is 0.700. The number of alkyl carbamates (subject to hydrolysis) is 1. The molecule has 0 fully saturated rings. The first-order valence-corrected chi connectivity index (χ1v) is 6.73. The van der Waals surface area contributed by atoms with Gasteiger partial charge in [-0.25, -0.2) is 9.59 Å². The van der Waals surface area contributed by atoms with Crippen LogP contribution in [-0.2, 0) is 14.3 Å². The van der Waals surface area contributed by atoms with Crippen LogP contribution < -0.4 is 10.6 Å². The second-order valence-corrected chi connectivity index (χ2v) is 5.24. The maximum atomic E-state index is 11.4. The van der Waals surface area contributed by atoms with Crippen LogP contribution in [0.1, 0.15) is 20.8 Å². The number of carboxylic acid groups (broad SMARTS) is 1. The minimum absolute atomic E-state index is 0.184. The molecule has 8 heteroatoms. The number of rotatable bonds is 5. The maximum Gasteiger partial charge on any atom is 0.408 e. The Morgan fingerprint density at radius 3 is 2.28 bits per heavy atom. The Kier molecular flexibility index (Phi) is 6.96. The molecule has 0 heterocycles. The van der Waals surface area contributed by atoms with E-state index in [0.717, 1.165) is 0 Å². The van der Waals surface area contributed by atoms with Crippen LogP contribution in [0.25, 0.3) is 0 Å². The summed E-state index contributed by atoms with van der Waals surface area (Å²) >= 11 is 1.85. The van der Waals surface area contributed by atoms with Crippen molar-refractivity contribution in [1.82, 2.24) is 10.6 Å². The van der Waals surface area contributed by atoms with E-state index in [0.29, 0.717) is 0 Å². The van der Waals surface area contributed by atoms with Gasteiger partial charge in [-0.15, -0.1) is 0 Å². The third kappa shape index (κ3) is 8.09. The minimum Gasteiger partial charge on any atom is -0.480 e. The number of aliphatic carboxylic acids is 1. The lowest BCUT2D eigenvalue weighted by atomic mass is 10.2. The Morgan fingerprint density at radius 2 is 1.89 bits per heavy atom. The highest BCUT2D eigenvalue weighted by atomic mass is 127. The van der Waals surface area contributed by atoms with Gasteiger partial charge in [0.25, 0.3) is 0 Å². The number of nitrogens with one attached hydrogen (secondary N) is 2. The van der Waals surface area contributed by atoms with E-state index in [1.54, 1.807) is 20.8 Å². The number of carbonyl (C=O) groups excluding carboxylic acids is 2. The average Bonchev–Trinajstić information content (AvgIpc) is 2.20. The van der Waals surface area contributed by atoms with E-state index in [9.17, 15) is 14.4 Å². The third-order valence-corrected chi connectivity index (χ3v) is 2.31. The number of hydrogen-bond acceptors (Lipinski definition) is 4. The highest BCUT2D eigenvalue weighted by molar-refractivity contribution is 14.1. The Morgan fingerprint density at radius 1 is 1.33 bits per heavy atom. The van der Waals surface area contributed by atoms with Gasteiger partial charge in [-0.3, -0.25) is 4.79 Å². The smallest absolute Gasteiger partial charge is 0.408 e. The maximum absolute atomic E-state index is 11.4. The summed E-state index contributed by atoms with van der Waals surface area (Å²) < 4.78 is 5.14. The minimum atomic E-state index is -1.24. The highest BCUT2D eigenvalue weighted by Crippen LogP contribution is 2.06. The van der Waals surface area contributed by atoms with Gasteiger partial charge in [-0.05, 0) is 20.8 Å². The summed E-state index contributed by atoms with van der Waals surface area (Å²) in [5.74, 6) is -1.54. The molecule has 0 rings (SSSR count). The molecule has 0 aromatic rings. The summed E-state index contributed by atoms with van der Waals surface area (Å²) in [4.78, 5) is 33.3. The largest absolute Gasteiger partial charge is 0.480 e. The lowest BCUT2D eigenvalue weighted by Crippen LogP contribution is -2.49. The Bertz CT molecular complexity index is 327. The van der Waals surface area contributed by atoms with Crippen molar-refractivity contribution in [3.8, 4) is 0 Å². The van der Waals surface area contributed by atoms with E-state index in [4.69, 9.17) is 9.84 Å². The number of ether oxygens (including phenoxy) is 1. The molecule has 0 saturated carbocycles. The molecule has 0 aliphatic rings. The summed E-state index contributed by atoms with van der Waals surface area (Å²) in [6.45, 7) is 4.82. The van der Waals surface area contributed by atoms with Gasteiger partial charge in [0.2, 0.25) is 5.91 Å². The van der Waals surface area contributed by atoms with E-state index >= 15 is 0 Å². The predicted octanol–water partition coefficient (Wildman–Crippen LogP) is 0.515. The SMILES string of the molecule is CC(C)(C)OC(=O)NC(CNC(=O)CI)C(=O)O. The van der Waals surface area contributed by atoms with Gasteiger partial charge in [-0.1, -0.05) is 22.6 Å². The molecular formula is C10H17IN2O5. The van der Waals surface area contributed by atoms with E-state index in [2.05, 4.69) is 10.6 Å². The molecule has 0 aromatic heterocycles. The van der Waals surface area contributed by atoms with Crippen LogP contribution in [0.15, 0.2) is 0 Å². The molecule has 3 N–H and O–H groups in total. The molecule has 0 saturated heterocycles. The van der Waals surface area contributed by atoms with Crippen molar-refractivity contribution in [2.24, 2.45) is 0 Å². The molecule has 0 aliphatic heterocycles. The van der Waals surface area contributed by atoms with Gasteiger partial charge < -0.3 is 20.5 Å². The number of hydrogen-bond donors (Lipinski definition) is 3. The van der Waals surface area contributed by atoms with Crippen LogP contribution in [0.3, 0.4) is 0 Å². The number of alkyl halides is 1. The number of carboxylic acids is 1. The number of amides is 2. The molecule has 1 atom stereocenters. The summed E-state index contributed by atoms with van der Waals surface area (Å²) in [5.41, 5.74) is -0.710. The van der Waals surface area contributed by atoms with Crippen molar-refractivity contribution in [1.29, 1.82) is 0 Å². The van der Waals surface area contributed by atoms with Gasteiger partial charge in [0.1, 0.15) is 11.6 Å². The van der Waals surface area contributed by atoms with Gasteiger partial charge in [0.05, 0.1) is 4.43 Å². The quantitative estimate of drug-likeness (QED) is 0.482. The molecule has 0 aliphatic carbocycles. The standard InChI is InChI=1S/C10H17IN2O5/c1-10(2,3)18-9(17)13-6(8(15)16)5-12-7(14)4-11/h6H,4-5H2,1-3H3,(H,12,14)(H,13,17)(H,15,16). The Balaban J connectivity index is 4.32. The molecular weight excluding hydrogens is 355 g/mol. The van der Waals surface area contributed by atoms with Crippen LogP contribution in [-0.4, -0.2) is 45.7 Å². The number of halogens is 1. The van der Waals surface area contributed by atoms with Crippen LogP contribution >= 0.6 is 22.6 Å². The summed E-state index contributed by atoms with van der Waals surface area (Å²) in [6, 6.07) is -1.22. The molecule has 2 amide bonds. The topological polar surface area (TPSA) is 105 Å². The zero-order valence-corrected chi connectivity index (χ0v) is 12.6. The predicted molar refractivity (Wildman–Crippen MR) is 72.7 cm³/mol. The Labute approximate surface area is 119 Å². The van der Waals surface area contributed by atoms with E-state index in [1.165, 1.54) is 0 Å².